The maximum Gasteiger partial charge on any atom is 0.293 e. The molecule has 0 bridgehead atoms. The number of hydrogen-bond acceptors (Lipinski definition) is 6. The van der Waals surface area contributed by atoms with E-state index in [1.807, 2.05) is 36.4 Å². The lowest BCUT2D eigenvalue weighted by atomic mass is 10.2. The van der Waals surface area contributed by atoms with E-state index >= 15 is 0 Å². The largest absolute Gasteiger partial charge is 0.457 e. The molecule has 2 aliphatic heterocycles. The number of imide groups is 1. The Balaban J connectivity index is 1.37. The standard InChI is InChI=1S/C22H14ClNO5S/c23-16-10-19-18(27-12-28-19)8-14(16)11-24-21(25)20(30-22(24)26)9-15-6-7-17(29-15)13-4-2-1-3-5-13/h1-10H,11-12H2/b20-9-. The van der Waals surface area contributed by atoms with E-state index in [2.05, 4.69) is 0 Å². The van der Waals surface area contributed by atoms with Gasteiger partial charge in [0.2, 0.25) is 6.79 Å². The molecule has 3 heterocycles. The molecule has 6 nitrogen and oxygen atoms in total. The molecule has 0 saturated carbocycles. The van der Waals surface area contributed by atoms with Crippen molar-refractivity contribution in [1.29, 1.82) is 0 Å². The molecule has 150 valence electrons. The van der Waals surface area contributed by atoms with E-state index < -0.39 is 5.91 Å². The molecule has 1 saturated heterocycles. The molecule has 2 aliphatic rings. The maximum atomic E-state index is 12.8. The first-order valence-corrected chi connectivity index (χ1v) is 10.3. The molecule has 1 aromatic heterocycles. The van der Waals surface area contributed by atoms with Crippen LogP contribution in [0.5, 0.6) is 11.5 Å². The Bertz CT molecular complexity index is 1190. The van der Waals surface area contributed by atoms with Gasteiger partial charge >= 0.3 is 0 Å². The molecule has 3 aromatic rings. The summed E-state index contributed by atoms with van der Waals surface area (Å²) in [5, 5.41) is 0.0376. The van der Waals surface area contributed by atoms with Gasteiger partial charge in [-0.3, -0.25) is 14.5 Å². The van der Waals surface area contributed by atoms with Crippen LogP contribution in [0.2, 0.25) is 5.02 Å². The van der Waals surface area contributed by atoms with Crippen molar-refractivity contribution in [1.82, 2.24) is 4.90 Å². The number of rotatable bonds is 4. The Labute approximate surface area is 181 Å². The normalized spacial score (nSPS) is 16.7. The molecular weight excluding hydrogens is 426 g/mol. The van der Waals surface area contributed by atoms with Crippen LogP contribution in [-0.2, 0) is 11.3 Å². The van der Waals surface area contributed by atoms with Crippen molar-refractivity contribution in [3.8, 4) is 22.8 Å². The average Bonchev–Trinajstić information content (AvgIpc) is 3.45. The summed E-state index contributed by atoms with van der Waals surface area (Å²) in [7, 11) is 0. The molecular formula is C22H14ClNO5S. The lowest BCUT2D eigenvalue weighted by Gasteiger charge is -2.14. The number of benzene rings is 2. The van der Waals surface area contributed by atoms with Crippen LogP contribution in [0.15, 0.2) is 63.9 Å². The molecule has 5 rings (SSSR count). The van der Waals surface area contributed by atoms with E-state index in [9.17, 15) is 9.59 Å². The van der Waals surface area contributed by atoms with Crippen molar-refractivity contribution < 1.29 is 23.5 Å². The van der Waals surface area contributed by atoms with Gasteiger partial charge in [-0.25, -0.2) is 0 Å². The highest BCUT2D eigenvalue weighted by atomic mass is 35.5. The van der Waals surface area contributed by atoms with Crippen LogP contribution in [0.25, 0.3) is 17.4 Å². The van der Waals surface area contributed by atoms with Gasteiger partial charge in [0.1, 0.15) is 11.5 Å². The number of hydrogen-bond donors (Lipinski definition) is 0. The Morgan fingerprint density at radius 2 is 1.80 bits per heavy atom. The van der Waals surface area contributed by atoms with Crippen molar-refractivity contribution in [3.05, 3.63) is 75.8 Å². The third kappa shape index (κ3) is 3.46. The molecule has 0 aliphatic carbocycles. The number of amides is 2. The number of furan rings is 1. The molecule has 8 heteroatoms. The van der Waals surface area contributed by atoms with Crippen LogP contribution in [0.1, 0.15) is 11.3 Å². The zero-order valence-corrected chi connectivity index (χ0v) is 17.0. The van der Waals surface area contributed by atoms with E-state index in [0.29, 0.717) is 38.5 Å². The average molecular weight is 440 g/mol. The van der Waals surface area contributed by atoms with Gasteiger partial charge in [-0.2, -0.15) is 0 Å². The zero-order chi connectivity index (χ0) is 20.7. The quantitative estimate of drug-likeness (QED) is 0.495. The van der Waals surface area contributed by atoms with Crippen molar-refractivity contribution >= 4 is 40.6 Å². The summed E-state index contributed by atoms with van der Waals surface area (Å²) in [5.74, 6) is 1.89. The van der Waals surface area contributed by atoms with Crippen LogP contribution in [0, 0.1) is 0 Å². The molecule has 2 amide bonds. The molecule has 0 unspecified atom stereocenters. The van der Waals surface area contributed by atoms with E-state index in [-0.39, 0.29) is 18.6 Å². The lowest BCUT2D eigenvalue weighted by molar-refractivity contribution is -0.123. The summed E-state index contributed by atoms with van der Waals surface area (Å²) in [4.78, 5) is 26.7. The first-order valence-electron chi connectivity index (χ1n) is 9.07. The van der Waals surface area contributed by atoms with Gasteiger partial charge in [-0.05, 0) is 35.5 Å². The second-order valence-corrected chi connectivity index (χ2v) is 8.03. The lowest BCUT2D eigenvalue weighted by Crippen LogP contribution is -2.27. The fourth-order valence-corrected chi connectivity index (χ4v) is 4.24. The minimum absolute atomic E-state index is 0.0465. The smallest absolute Gasteiger partial charge is 0.293 e. The first-order chi connectivity index (χ1) is 14.6. The molecule has 0 N–H and O–H groups in total. The van der Waals surface area contributed by atoms with Crippen LogP contribution in [-0.4, -0.2) is 22.8 Å². The van der Waals surface area contributed by atoms with Crippen molar-refractivity contribution in [3.63, 3.8) is 0 Å². The Morgan fingerprint density at radius 1 is 1.03 bits per heavy atom. The second kappa shape index (κ2) is 7.59. The number of halogens is 1. The van der Waals surface area contributed by atoms with Crippen molar-refractivity contribution in [2.24, 2.45) is 0 Å². The summed E-state index contributed by atoms with van der Waals surface area (Å²) in [6.07, 6.45) is 1.58. The Morgan fingerprint density at radius 3 is 2.60 bits per heavy atom. The second-order valence-electron chi connectivity index (χ2n) is 6.63. The molecule has 2 aromatic carbocycles. The van der Waals surface area contributed by atoms with Gasteiger partial charge in [0.05, 0.1) is 11.4 Å². The van der Waals surface area contributed by atoms with Crippen LogP contribution in [0.3, 0.4) is 0 Å². The summed E-state index contributed by atoms with van der Waals surface area (Å²) < 4.78 is 16.5. The van der Waals surface area contributed by atoms with Crippen molar-refractivity contribution in [2.75, 3.05) is 6.79 Å². The van der Waals surface area contributed by atoms with Crippen LogP contribution < -0.4 is 9.47 Å². The zero-order valence-electron chi connectivity index (χ0n) is 15.5. The number of nitrogens with zero attached hydrogens (tertiary/aromatic N) is 1. The van der Waals surface area contributed by atoms with E-state index in [1.165, 1.54) is 0 Å². The van der Waals surface area contributed by atoms with Gasteiger partial charge in [-0.1, -0.05) is 41.9 Å². The van der Waals surface area contributed by atoms with E-state index in [4.69, 9.17) is 25.5 Å². The van der Waals surface area contributed by atoms with E-state index in [1.54, 1.807) is 24.3 Å². The SMILES string of the molecule is O=C1S/C(=C\c2ccc(-c3ccccc3)o2)C(=O)N1Cc1cc2c(cc1Cl)OCO2. The fraction of sp³-hybridized carbons (Fsp3) is 0.0909. The van der Waals surface area contributed by atoms with Gasteiger partial charge < -0.3 is 13.9 Å². The summed E-state index contributed by atoms with van der Waals surface area (Å²) in [5.41, 5.74) is 1.54. The number of thioether (sulfide) groups is 1. The van der Waals surface area contributed by atoms with Gasteiger partial charge in [-0.15, -0.1) is 0 Å². The van der Waals surface area contributed by atoms with Crippen molar-refractivity contribution in [2.45, 2.75) is 6.54 Å². The summed E-state index contributed by atoms with van der Waals surface area (Å²) in [6.45, 7) is 0.165. The molecule has 1 fully saturated rings. The van der Waals surface area contributed by atoms with Crippen LogP contribution in [0.4, 0.5) is 4.79 Å². The number of carbonyl (C=O) groups excluding carboxylic acids is 2. The van der Waals surface area contributed by atoms with Gasteiger partial charge in [0, 0.05) is 22.7 Å². The minimum Gasteiger partial charge on any atom is -0.457 e. The van der Waals surface area contributed by atoms with E-state index in [0.717, 1.165) is 22.2 Å². The molecule has 30 heavy (non-hydrogen) atoms. The van der Waals surface area contributed by atoms with Crippen LogP contribution >= 0.6 is 23.4 Å². The highest BCUT2D eigenvalue weighted by Gasteiger charge is 2.36. The number of ether oxygens (including phenoxy) is 2. The topological polar surface area (TPSA) is 69.0 Å². The predicted molar refractivity (Wildman–Crippen MR) is 113 cm³/mol. The summed E-state index contributed by atoms with van der Waals surface area (Å²) in [6, 6.07) is 16.6. The van der Waals surface area contributed by atoms with Gasteiger partial charge in [0.15, 0.2) is 11.5 Å². The molecule has 0 radical (unpaired) electrons. The molecule has 0 spiro atoms. The third-order valence-electron chi connectivity index (χ3n) is 4.70. The fourth-order valence-electron chi connectivity index (χ4n) is 3.20. The molecule has 0 atom stereocenters. The first kappa shape index (κ1) is 18.8. The highest BCUT2D eigenvalue weighted by Crippen LogP contribution is 2.39. The number of carbonyl (C=O) groups is 2. The maximum absolute atomic E-state index is 12.8. The summed E-state index contributed by atoms with van der Waals surface area (Å²) >= 11 is 7.16. The highest BCUT2D eigenvalue weighted by molar-refractivity contribution is 8.18. The predicted octanol–water partition coefficient (Wildman–Crippen LogP) is 5.57. The van der Waals surface area contributed by atoms with Gasteiger partial charge in [0.25, 0.3) is 11.1 Å². The minimum atomic E-state index is -0.392. The monoisotopic (exact) mass is 439 g/mol. The Hall–Kier alpha value is -3.16. The number of fused-ring (bicyclic) bond motifs is 1. The third-order valence-corrected chi connectivity index (χ3v) is 5.96. The Kier molecular flexibility index (Phi) is 4.77.